The number of esters is 1. The normalized spacial score (nSPS) is 16.6. The van der Waals surface area contributed by atoms with Crippen LogP contribution in [0.3, 0.4) is 0 Å². The molecule has 1 heterocycles. The number of aromatic hydroxyl groups is 1. The molecule has 0 saturated heterocycles. The Kier molecular flexibility index (Phi) is 6.59. The summed E-state index contributed by atoms with van der Waals surface area (Å²) in [5.74, 6) is -1.65. The summed E-state index contributed by atoms with van der Waals surface area (Å²) < 4.78 is 5.61. The molecule has 1 amide bonds. The predicted octanol–water partition coefficient (Wildman–Crippen LogP) is 3.99. The predicted molar refractivity (Wildman–Crippen MR) is 121 cm³/mol. The van der Waals surface area contributed by atoms with E-state index in [-0.39, 0.29) is 24.6 Å². The van der Waals surface area contributed by atoms with E-state index < -0.39 is 23.5 Å². The molecule has 0 aliphatic carbocycles. The Balaban J connectivity index is 1.93. The van der Waals surface area contributed by atoms with Crippen molar-refractivity contribution in [1.82, 2.24) is 4.90 Å². The van der Waals surface area contributed by atoms with Crippen molar-refractivity contribution in [3.05, 3.63) is 64.2 Å². The molecule has 0 fully saturated rings. The van der Waals surface area contributed by atoms with Gasteiger partial charge in [-0.3, -0.25) is 4.79 Å². The fraction of sp³-hybridized carbons (Fsp3) is 0.423. The molecule has 0 bridgehead atoms. The summed E-state index contributed by atoms with van der Waals surface area (Å²) in [6.07, 6.45) is 0.568. The zero-order valence-electron chi connectivity index (χ0n) is 19.3. The summed E-state index contributed by atoms with van der Waals surface area (Å²) in [5, 5.41) is 19.7. The molecule has 0 spiro atoms. The third kappa shape index (κ3) is 5.11. The van der Waals surface area contributed by atoms with Gasteiger partial charge in [-0.05, 0) is 81.0 Å². The van der Waals surface area contributed by atoms with Gasteiger partial charge in [-0.25, -0.2) is 4.79 Å². The highest BCUT2D eigenvalue weighted by atomic mass is 16.6. The first-order valence-electron chi connectivity index (χ1n) is 10.8. The smallest absolute Gasteiger partial charge is 0.329 e. The lowest BCUT2D eigenvalue weighted by atomic mass is 9.89. The minimum Gasteiger partial charge on any atom is -0.508 e. The number of rotatable bonds is 4. The first-order valence-corrected chi connectivity index (χ1v) is 10.8. The molecule has 3 rings (SSSR count). The van der Waals surface area contributed by atoms with Gasteiger partial charge in [0.25, 0.3) is 0 Å². The molecular formula is C26H30N2O4. The minimum absolute atomic E-state index is 0.154. The summed E-state index contributed by atoms with van der Waals surface area (Å²) in [5.41, 5.74) is 3.79. The molecule has 32 heavy (non-hydrogen) atoms. The maximum atomic E-state index is 13.6. The van der Waals surface area contributed by atoms with Gasteiger partial charge >= 0.3 is 5.97 Å². The maximum absolute atomic E-state index is 13.6. The van der Waals surface area contributed by atoms with Crippen LogP contribution < -0.4 is 0 Å². The van der Waals surface area contributed by atoms with Gasteiger partial charge in [0.15, 0.2) is 0 Å². The molecule has 2 atom stereocenters. The molecule has 0 aromatic heterocycles. The number of ether oxygens (including phenoxy) is 1. The molecule has 2 aromatic rings. The lowest BCUT2D eigenvalue weighted by molar-refractivity contribution is -0.166. The van der Waals surface area contributed by atoms with E-state index in [2.05, 4.69) is 6.07 Å². The third-order valence-corrected chi connectivity index (χ3v) is 5.75. The number of nitriles is 1. The van der Waals surface area contributed by atoms with Crippen molar-refractivity contribution in [2.45, 2.75) is 65.6 Å². The second-order valence-electron chi connectivity index (χ2n) is 9.43. The Labute approximate surface area is 189 Å². The zero-order valence-corrected chi connectivity index (χ0v) is 19.3. The molecule has 0 saturated carbocycles. The summed E-state index contributed by atoms with van der Waals surface area (Å²) in [6.45, 7) is 9.33. The summed E-state index contributed by atoms with van der Waals surface area (Å²) >= 11 is 0. The summed E-state index contributed by atoms with van der Waals surface area (Å²) in [4.78, 5) is 28.1. The van der Waals surface area contributed by atoms with Gasteiger partial charge in [0, 0.05) is 13.0 Å². The Morgan fingerprint density at radius 3 is 2.34 bits per heavy atom. The maximum Gasteiger partial charge on any atom is 0.329 e. The lowest BCUT2D eigenvalue weighted by Gasteiger charge is -2.37. The Bertz CT molecular complexity index is 1050. The second kappa shape index (κ2) is 9.04. The van der Waals surface area contributed by atoms with E-state index >= 15 is 0 Å². The average molecular weight is 435 g/mol. The molecule has 168 valence electrons. The molecule has 2 aromatic carbocycles. The van der Waals surface area contributed by atoms with Gasteiger partial charge in [-0.1, -0.05) is 24.3 Å². The molecule has 1 N–H and O–H groups in total. The van der Waals surface area contributed by atoms with Crippen LogP contribution in [0.1, 0.15) is 48.6 Å². The van der Waals surface area contributed by atoms with Gasteiger partial charge in [0.1, 0.15) is 23.3 Å². The number of carbonyl (C=O) groups is 2. The van der Waals surface area contributed by atoms with Gasteiger partial charge in [0.05, 0.1) is 6.07 Å². The SMILES string of the molecule is Cc1cc(O)cc(C)c1CC(C#N)C(=O)N1Cc2ccccc2C[C@H]1C(=O)OC(C)(C)C. The first kappa shape index (κ1) is 23.3. The molecular weight excluding hydrogens is 404 g/mol. The number of hydrogen-bond acceptors (Lipinski definition) is 5. The van der Waals surface area contributed by atoms with Crippen LogP contribution in [0.2, 0.25) is 0 Å². The van der Waals surface area contributed by atoms with Crippen LogP contribution in [0, 0.1) is 31.1 Å². The van der Waals surface area contributed by atoms with Crippen molar-refractivity contribution < 1.29 is 19.4 Å². The summed E-state index contributed by atoms with van der Waals surface area (Å²) in [7, 11) is 0. The molecule has 1 aliphatic heterocycles. The standard InChI is InChI=1S/C26H30N2O4/c1-16-10-21(29)11-17(2)22(16)12-20(14-27)24(30)28-15-19-9-7-6-8-18(19)13-23(28)25(31)32-26(3,4)5/h6-11,20,23,29H,12-13,15H2,1-5H3/t20?,23-/m0/s1. The van der Waals surface area contributed by atoms with Gasteiger partial charge in [-0.2, -0.15) is 5.26 Å². The van der Waals surface area contributed by atoms with E-state index in [1.54, 1.807) is 32.9 Å². The van der Waals surface area contributed by atoms with Gasteiger partial charge in [0.2, 0.25) is 5.91 Å². The second-order valence-corrected chi connectivity index (χ2v) is 9.43. The Hall–Kier alpha value is -3.33. The fourth-order valence-electron chi connectivity index (χ4n) is 4.22. The van der Waals surface area contributed by atoms with Crippen LogP contribution >= 0.6 is 0 Å². The quantitative estimate of drug-likeness (QED) is 0.735. The highest BCUT2D eigenvalue weighted by molar-refractivity contribution is 5.88. The van der Waals surface area contributed by atoms with E-state index in [0.29, 0.717) is 6.42 Å². The van der Waals surface area contributed by atoms with E-state index in [1.165, 1.54) is 4.90 Å². The van der Waals surface area contributed by atoms with E-state index in [0.717, 1.165) is 27.8 Å². The van der Waals surface area contributed by atoms with Gasteiger partial charge in [-0.15, -0.1) is 0 Å². The van der Waals surface area contributed by atoms with Crippen molar-refractivity contribution in [2.24, 2.45) is 5.92 Å². The zero-order chi connectivity index (χ0) is 23.6. The van der Waals surface area contributed by atoms with Crippen molar-refractivity contribution in [3.63, 3.8) is 0 Å². The lowest BCUT2D eigenvalue weighted by Crippen LogP contribution is -2.52. The van der Waals surface area contributed by atoms with E-state index in [9.17, 15) is 20.0 Å². The van der Waals surface area contributed by atoms with Crippen LogP contribution in [0.4, 0.5) is 0 Å². The number of phenolic OH excluding ortho intramolecular Hbond substituents is 1. The number of benzene rings is 2. The highest BCUT2D eigenvalue weighted by Crippen LogP contribution is 2.29. The topological polar surface area (TPSA) is 90.6 Å². The number of hydrogen-bond donors (Lipinski definition) is 1. The molecule has 6 heteroatoms. The van der Waals surface area contributed by atoms with Crippen molar-refractivity contribution >= 4 is 11.9 Å². The van der Waals surface area contributed by atoms with E-state index in [4.69, 9.17) is 4.74 Å². The van der Waals surface area contributed by atoms with Crippen LogP contribution in [0.5, 0.6) is 5.75 Å². The molecule has 6 nitrogen and oxygen atoms in total. The Morgan fingerprint density at radius 1 is 1.19 bits per heavy atom. The minimum atomic E-state index is -0.952. The van der Waals surface area contributed by atoms with Crippen LogP contribution in [-0.2, 0) is 33.7 Å². The number of fused-ring (bicyclic) bond motifs is 1. The molecule has 0 radical (unpaired) electrons. The first-order chi connectivity index (χ1) is 15.0. The third-order valence-electron chi connectivity index (χ3n) is 5.75. The van der Waals surface area contributed by atoms with Crippen molar-refractivity contribution in [3.8, 4) is 11.8 Å². The average Bonchev–Trinajstić information content (AvgIpc) is 2.70. The number of phenols is 1. The Morgan fingerprint density at radius 2 is 1.78 bits per heavy atom. The number of amides is 1. The molecule has 1 unspecified atom stereocenters. The van der Waals surface area contributed by atoms with Crippen LogP contribution in [0.25, 0.3) is 0 Å². The van der Waals surface area contributed by atoms with Crippen LogP contribution in [0.15, 0.2) is 36.4 Å². The van der Waals surface area contributed by atoms with Crippen LogP contribution in [-0.4, -0.2) is 33.5 Å². The van der Waals surface area contributed by atoms with Crippen molar-refractivity contribution in [1.29, 1.82) is 5.26 Å². The number of nitrogens with zero attached hydrogens (tertiary/aromatic N) is 2. The van der Waals surface area contributed by atoms with E-state index in [1.807, 2.05) is 38.1 Å². The number of carbonyl (C=O) groups excluding carboxylic acids is 2. The monoisotopic (exact) mass is 434 g/mol. The van der Waals surface area contributed by atoms with Gasteiger partial charge < -0.3 is 14.7 Å². The largest absolute Gasteiger partial charge is 0.508 e. The highest BCUT2D eigenvalue weighted by Gasteiger charge is 2.39. The number of aryl methyl sites for hydroxylation is 2. The summed E-state index contributed by atoms with van der Waals surface area (Å²) in [6, 6.07) is 12.3. The fourth-order valence-corrected chi connectivity index (χ4v) is 4.22. The molecule has 1 aliphatic rings. The van der Waals surface area contributed by atoms with Crippen molar-refractivity contribution in [2.75, 3.05) is 0 Å².